The molecule has 2 rings (SSSR count). The van der Waals surface area contributed by atoms with Gasteiger partial charge in [0.25, 0.3) is 0 Å². The van der Waals surface area contributed by atoms with Gasteiger partial charge in [0.05, 0.1) is 5.69 Å². The molecule has 0 saturated carbocycles. The van der Waals surface area contributed by atoms with E-state index in [4.69, 9.17) is 11.6 Å². The minimum absolute atomic E-state index is 0.260. The second kappa shape index (κ2) is 4.85. The van der Waals surface area contributed by atoms with Crippen LogP contribution in [-0.2, 0) is 13.6 Å². The predicted octanol–water partition coefficient (Wildman–Crippen LogP) is 2.60. The zero-order valence-electron chi connectivity index (χ0n) is 9.67. The van der Waals surface area contributed by atoms with Gasteiger partial charge in [-0.3, -0.25) is 0 Å². The van der Waals surface area contributed by atoms with Gasteiger partial charge < -0.3 is 9.88 Å². The van der Waals surface area contributed by atoms with Gasteiger partial charge in [-0.15, -0.1) is 0 Å². The highest BCUT2D eigenvalue weighted by Crippen LogP contribution is 2.24. The molecular weight excluding hydrogens is 241 g/mol. The van der Waals surface area contributed by atoms with Gasteiger partial charge >= 0.3 is 0 Å². The summed E-state index contributed by atoms with van der Waals surface area (Å²) in [7, 11) is 3.74. The predicted molar refractivity (Wildman–Crippen MR) is 66.4 cm³/mol. The van der Waals surface area contributed by atoms with E-state index >= 15 is 0 Å². The second-order valence-corrected chi connectivity index (χ2v) is 4.13. The Labute approximate surface area is 104 Å². The molecule has 1 N–H and O–H groups in total. The average molecular weight is 254 g/mol. The van der Waals surface area contributed by atoms with Crippen molar-refractivity contribution in [2.75, 3.05) is 7.05 Å². The fourth-order valence-electron chi connectivity index (χ4n) is 1.71. The Kier molecular flexibility index (Phi) is 3.45. The first-order valence-electron chi connectivity index (χ1n) is 5.25. The number of nitrogens with zero attached hydrogens (tertiary/aromatic N) is 2. The van der Waals surface area contributed by atoms with Gasteiger partial charge in [0.2, 0.25) is 0 Å². The molecule has 5 heteroatoms. The van der Waals surface area contributed by atoms with E-state index in [-0.39, 0.29) is 5.82 Å². The van der Waals surface area contributed by atoms with Crippen molar-refractivity contribution < 1.29 is 4.39 Å². The van der Waals surface area contributed by atoms with Gasteiger partial charge in [0, 0.05) is 19.2 Å². The third-order valence-electron chi connectivity index (χ3n) is 2.61. The molecule has 17 heavy (non-hydrogen) atoms. The van der Waals surface area contributed by atoms with Crippen molar-refractivity contribution in [2.24, 2.45) is 7.05 Å². The quantitative estimate of drug-likeness (QED) is 0.911. The minimum atomic E-state index is -0.260. The molecule has 1 aromatic heterocycles. The van der Waals surface area contributed by atoms with Crippen LogP contribution in [-0.4, -0.2) is 16.6 Å². The first-order chi connectivity index (χ1) is 8.13. The molecule has 0 aliphatic heterocycles. The highest BCUT2D eigenvalue weighted by atomic mass is 35.5. The number of rotatable bonds is 3. The maximum absolute atomic E-state index is 12.8. The maximum atomic E-state index is 12.8. The van der Waals surface area contributed by atoms with Crippen LogP contribution in [0.25, 0.3) is 11.4 Å². The SMILES string of the molecule is CNCc1c(Cl)nc(-c2ccc(F)cc2)n1C. The molecule has 0 unspecified atom stereocenters. The molecule has 1 heterocycles. The van der Waals surface area contributed by atoms with Crippen LogP contribution in [0.3, 0.4) is 0 Å². The van der Waals surface area contributed by atoms with Crippen molar-refractivity contribution in [1.29, 1.82) is 0 Å². The third kappa shape index (κ3) is 2.33. The summed E-state index contributed by atoms with van der Waals surface area (Å²) >= 11 is 6.06. The minimum Gasteiger partial charge on any atom is -0.329 e. The Bertz CT molecular complexity index is 519. The van der Waals surface area contributed by atoms with Crippen LogP contribution in [0.15, 0.2) is 24.3 Å². The van der Waals surface area contributed by atoms with Crippen molar-refractivity contribution >= 4 is 11.6 Å². The smallest absolute Gasteiger partial charge is 0.152 e. The zero-order valence-corrected chi connectivity index (χ0v) is 10.4. The van der Waals surface area contributed by atoms with Crippen molar-refractivity contribution in [3.05, 3.63) is 40.9 Å². The molecule has 0 bridgehead atoms. The van der Waals surface area contributed by atoms with Crippen LogP contribution in [0.1, 0.15) is 5.69 Å². The molecule has 0 amide bonds. The second-order valence-electron chi connectivity index (χ2n) is 3.77. The zero-order chi connectivity index (χ0) is 12.4. The van der Waals surface area contributed by atoms with E-state index in [1.807, 2.05) is 18.7 Å². The first-order valence-corrected chi connectivity index (χ1v) is 5.63. The van der Waals surface area contributed by atoms with Gasteiger partial charge in [-0.2, -0.15) is 0 Å². The van der Waals surface area contributed by atoms with Crippen molar-refractivity contribution in [3.8, 4) is 11.4 Å². The Hall–Kier alpha value is -1.39. The van der Waals surface area contributed by atoms with Crippen molar-refractivity contribution in [2.45, 2.75) is 6.54 Å². The summed E-state index contributed by atoms with van der Waals surface area (Å²) in [5.41, 5.74) is 1.76. The summed E-state index contributed by atoms with van der Waals surface area (Å²) < 4.78 is 14.8. The summed E-state index contributed by atoms with van der Waals surface area (Å²) in [5.74, 6) is 0.477. The van der Waals surface area contributed by atoms with E-state index < -0.39 is 0 Å². The molecular formula is C12H13ClFN3. The topological polar surface area (TPSA) is 29.9 Å². The Morgan fingerprint density at radius 1 is 1.35 bits per heavy atom. The molecule has 0 aliphatic rings. The van der Waals surface area contributed by atoms with E-state index in [1.54, 1.807) is 12.1 Å². The first kappa shape index (κ1) is 12.1. The molecule has 1 aromatic carbocycles. The van der Waals surface area contributed by atoms with E-state index in [1.165, 1.54) is 12.1 Å². The molecule has 0 aliphatic carbocycles. The summed E-state index contributed by atoms with van der Waals surface area (Å²) in [4.78, 5) is 4.29. The molecule has 0 fully saturated rings. The van der Waals surface area contributed by atoms with E-state index in [0.29, 0.717) is 11.7 Å². The summed E-state index contributed by atoms with van der Waals surface area (Å²) in [6.07, 6.45) is 0. The lowest BCUT2D eigenvalue weighted by molar-refractivity contribution is 0.628. The highest BCUT2D eigenvalue weighted by molar-refractivity contribution is 6.30. The number of nitrogens with one attached hydrogen (secondary N) is 1. The molecule has 0 spiro atoms. The number of aromatic nitrogens is 2. The van der Waals surface area contributed by atoms with Crippen LogP contribution >= 0.6 is 11.6 Å². The standard InChI is InChI=1S/C12H13ClFN3/c1-15-7-10-11(13)16-12(17(10)2)8-3-5-9(14)6-4-8/h3-6,15H,7H2,1-2H3. The van der Waals surface area contributed by atoms with Crippen LogP contribution in [0.5, 0.6) is 0 Å². The highest BCUT2D eigenvalue weighted by Gasteiger charge is 2.13. The largest absolute Gasteiger partial charge is 0.329 e. The van der Waals surface area contributed by atoms with Gasteiger partial charge in [-0.1, -0.05) is 11.6 Å². The average Bonchev–Trinajstić information content (AvgIpc) is 2.59. The van der Waals surface area contributed by atoms with E-state index in [2.05, 4.69) is 10.3 Å². The Morgan fingerprint density at radius 3 is 2.59 bits per heavy atom. The van der Waals surface area contributed by atoms with Gasteiger partial charge in [-0.05, 0) is 31.3 Å². The number of halogens is 2. The van der Waals surface area contributed by atoms with Crippen molar-refractivity contribution in [1.82, 2.24) is 14.9 Å². The Balaban J connectivity index is 2.46. The van der Waals surface area contributed by atoms with Crippen LogP contribution in [0.2, 0.25) is 5.15 Å². The molecule has 90 valence electrons. The fraction of sp³-hybridized carbons (Fsp3) is 0.250. The molecule has 0 atom stereocenters. The number of hydrogen-bond donors (Lipinski definition) is 1. The monoisotopic (exact) mass is 253 g/mol. The summed E-state index contributed by atoms with van der Waals surface area (Å²) in [5, 5.41) is 3.51. The van der Waals surface area contributed by atoms with Crippen LogP contribution < -0.4 is 5.32 Å². The molecule has 3 nitrogen and oxygen atoms in total. The van der Waals surface area contributed by atoms with Crippen LogP contribution in [0.4, 0.5) is 4.39 Å². The lowest BCUT2D eigenvalue weighted by Gasteiger charge is -2.05. The van der Waals surface area contributed by atoms with Crippen molar-refractivity contribution in [3.63, 3.8) is 0 Å². The van der Waals surface area contributed by atoms with E-state index in [9.17, 15) is 4.39 Å². The Morgan fingerprint density at radius 2 is 2.00 bits per heavy atom. The number of imidazole rings is 1. The molecule has 0 radical (unpaired) electrons. The van der Waals surface area contributed by atoms with Gasteiger partial charge in [-0.25, -0.2) is 9.37 Å². The fourth-order valence-corrected chi connectivity index (χ4v) is 1.99. The molecule has 2 aromatic rings. The maximum Gasteiger partial charge on any atom is 0.152 e. The lowest BCUT2D eigenvalue weighted by atomic mass is 10.2. The van der Waals surface area contributed by atoms with Gasteiger partial charge in [0.15, 0.2) is 5.15 Å². The number of hydrogen-bond acceptors (Lipinski definition) is 2. The normalized spacial score (nSPS) is 10.8. The van der Waals surface area contributed by atoms with E-state index in [0.717, 1.165) is 17.1 Å². The van der Waals surface area contributed by atoms with Crippen LogP contribution in [0, 0.1) is 5.82 Å². The third-order valence-corrected chi connectivity index (χ3v) is 2.91. The lowest BCUT2D eigenvalue weighted by Crippen LogP contribution is -2.10. The molecule has 0 saturated heterocycles. The van der Waals surface area contributed by atoms with Gasteiger partial charge in [0.1, 0.15) is 11.6 Å². The summed E-state index contributed by atoms with van der Waals surface area (Å²) in [6, 6.07) is 6.21. The summed E-state index contributed by atoms with van der Waals surface area (Å²) in [6.45, 7) is 0.642. The number of benzene rings is 1.